The fourth-order valence-electron chi connectivity index (χ4n) is 2.63. The molecular weight excluding hydrogens is 313 g/mol. The van der Waals surface area contributed by atoms with Crippen molar-refractivity contribution in [1.29, 1.82) is 0 Å². The molecule has 1 heterocycles. The Labute approximate surface area is 140 Å². The van der Waals surface area contributed by atoms with Gasteiger partial charge in [0.2, 0.25) is 0 Å². The van der Waals surface area contributed by atoms with Crippen molar-refractivity contribution in [3.8, 4) is 10.4 Å². The van der Waals surface area contributed by atoms with Crippen molar-refractivity contribution >= 4 is 17.3 Å². The Kier molecular flexibility index (Phi) is 5.91. The van der Waals surface area contributed by atoms with Gasteiger partial charge in [-0.1, -0.05) is 26.0 Å². The minimum Gasteiger partial charge on any atom is -0.481 e. The predicted molar refractivity (Wildman–Crippen MR) is 92.1 cm³/mol. The van der Waals surface area contributed by atoms with E-state index in [9.17, 15) is 14.3 Å². The Balaban J connectivity index is 2.07. The van der Waals surface area contributed by atoms with Gasteiger partial charge in [-0.15, -0.1) is 11.3 Å². The molecule has 0 saturated heterocycles. The Bertz CT molecular complexity index is 651. The highest BCUT2D eigenvalue weighted by molar-refractivity contribution is 7.13. The topological polar surface area (TPSA) is 49.3 Å². The summed E-state index contributed by atoms with van der Waals surface area (Å²) < 4.78 is 14.0. The van der Waals surface area contributed by atoms with Crippen LogP contribution in [0.2, 0.25) is 0 Å². The number of nitrogens with one attached hydrogen (secondary N) is 1. The van der Waals surface area contributed by atoms with E-state index in [4.69, 9.17) is 0 Å². The van der Waals surface area contributed by atoms with E-state index in [1.165, 1.54) is 17.4 Å². The van der Waals surface area contributed by atoms with Crippen LogP contribution in [0.5, 0.6) is 0 Å². The van der Waals surface area contributed by atoms with Crippen molar-refractivity contribution in [2.75, 3.05) is 6.54 Å². The third-order valence-electron chi connectivity index (χ3n) is 4.42. The van der Waals surface area contributed by atoms with Crippen LogP contribution in [0.1, 0.15) is 32.3 Å². The van der Waals surface area contributed by atoms with E-state index in [1.807, 2.05) is 37.4 Å². The number of aliphatic carboxylic acids is 1. The molecule has 1 aromatic carbocycles. The van der Waals surface area contributed by atoms with Crippen LogP contribution >= 0.6 is 11.3 Å². The van der Waals surface area contributed by atoms with Gasteiger partial charge in [0, 0.05) is 23.5 Å². The van der Waals surface area contributed by atoms with E-state index in [1.54, 1.807) is 6.07 Å². The number of carbonyl (C=O) groups is 1. The normalized spacial score (nSPS) is 11.6. The Morgan fingerprint density at radius 3 is 2.61 bits per heavy atom. The van der Waals surface area contributed by atoms with Gasteiger partial charge in [0.15, 0.2) is 0 Å². The molecule has 0 aliphatic rings. The average molecular weight is 335 g/mol. The second-order valence-corrected chi connectivity index (χ2v) is 6.64. The lowest BCUT2D eigenvalue weighted by Crippen LogP contribution is -2.40. The third kappa shape index (κ3) is 3.98. The highest BCUT2D eigenvalue weighted by Gasteiger charge is 2.34. The molecule has 0 radical (unpaired) electrons. The summed E-state index contributed by atoms with van der Waals surface area (Å²) in [7, 11) is 0. The zero-order valence-electron chi connectivity index (χ0n) is 13.4. The quantitative estimate of drug-likeness (QED) is 0.745. The summed E-state index contributed by atoms with van der Waals surface area (Å²) in [5.41, 5.74) is 0.799. The molecule has 23 heavy (non-hydrogen) atoms. The number of halogens is 1. The van der Waals surface area contributed by atoms with Gasteiger partial charge < -0.3 is 10.4 Å². The van der Waals surface area contributed by atoms with E-state index < -0.39 is 11.4 Å². The maximum Gasteiger partial charge on any atom is 0.310 e. The average Bonchev–Trinajstić information content (AvgIpc) is 3.07. The maximum atomic E-state index is 14.0. The van der Waals surface area contributed by atoms with Crippen LogP contribution < -0.4 is 5.32 Å². The number of benzene rings is 1. The highest BCUT2D eigenvalue weighted by Crippen LogP contribution is 2.29. The summed E-state index contributed by atoms with van der Waals surface area (Å²) in [4.78, 5) is 12.4. The molecule has 0 fully saturated rings. The molecular formula is C18H22FNO2S. The van der Waals surface area contributed by atoms with Gasteiger partial charge in [0.25, 0.3) is 0 Å². The minimum absolute atomic E-state index is 0.238. The number of thiophene rings is 1. The largest absolute Gasteiger partial charge is 0.481 e. The summed E-state index contributed by atoms with van der Waals surface area (Å²) in [6.45, 7) is 4.72. The van der Waals surface area contributed by atoms with E-state index in [2.05, 4.69) is 5.32 Å². The van der Waals surface area contributed by atoms with E-state index in [0.29, 0.717) is 31.5 Å². The molecule has 2 rings (SSSR count). The molecule has 3 nitrogen and oxygen atoms in total. The van der Waals surface area contributed by atoms with Crippen molar-refractivity contribution in [3.05, 3.63) is 47.1 Å². The van der Waals surface area contributed by atoms with Crippen LogP contribution in [0.15, 0.2) is 35.7 Å². The molecule has 1 aromatic heterocycles. The summed E-state index contributed by atoms with van der Waals surface area (Å²) in [6.07, 6.45) is 1.16. The molecule has 0 saturated carbocycles. The van der Waals surface area contributed by atoms with Gasteiger partial charge >= 0.3 is 5.97 Å². The standard InChI is InChI=1S/C18H22FNO2S/c1-3-18(4-2,17(21)22)12-20-11-13-7-8-15(19)14(10-13)16-6-5-9-23-16/h5-10,20H,3-4,11-12H2,1-2H3,(H,21,22). The van der Waals surface area contributed by atoms with Crippen LogP contribution in [0.4, 0.5) is 4.39 Å². The second-order valence-electron chi connectivity index (χ2n) is 5.69. The monoisotopic (exact) mass is 335 g/mol. The van der Waals surface area contributed by atoms with Crippen molar-refractivity contribution in [1.82, 2.24) is 5.32 Å². The zero-order valence-corrected chi connectivity index (χ0v) is 14.3. The lowest BCUT2D eigenvalue weighted by atomic mass is 9.82. The van der Waals surface area contributed by atoms with Crippen LogP contribution in [-0.2, 0) is 11.3 Å². The molecule has 0 unspecified atom stereocenters. The Morgan fingerprint density at radius 1 is 1.30 bits per heavy atom. The SMILES string of the molecule is CCC(CC)(CNCc1ccc(F)c(-c2cccs2)c1)C(=O)O. The Hall–Kier alpha value is -1.72. The predicted octanol–water partition coefficient (Wildman–Crippen LogP) is 4.53. The number of carboxylic acid groups (broad SMARTS) is 1. The number of rotatable bonds is 8. The van der Waals surface area contributed by atoms with Gasteiger partial charge in [-0.25, -0.2) is 4.39 Å². The lowest BCUT2D eigenvalue weighted by molar-refractivity contribution is -0.149. The first-order chi connectivity index (χ1) is 11.0. The summed E-state index contributed by atoms with van der Waals surface area (Å²) in [5, 5.41) is 14.6. The van der Waals surface area contributed by atoms with E-state index >= 15 is 0 Å². The first-order valence-electron chi connectivity index (χ1n) is 7.79. The van der Waals surface area contributed by atoms with Crippen LogP contribution in [0, 0.1) is 11.2 Å². The molecule has 0 bridgehead atoms. The summed E-state index contributed by atoms with van der Waals surface area (Å²) in [6, 6.07) is 8.82. The molecule has 5 heteroatoms. The van der Waals surface area contributed by atoms with Gasteiger partial charge in [-0.05, 0) is 42.0 Å². The van der Waals surface area contributed by atoms with Crippen molar-refractivity contribution in [2.24, 2.45) is 5.41 Å². The molecule has 2 aromatic rings. The maximum absolute atomic E-state index is 14.0. The summed E-state index contributed by atoms with van der Waals surface area (Å²) in [5.74, 6) is -1.01. The smallest absolute Gasteiger partial charge is 0.310 e. The number of carboxylic acids is 1. The van der Waals surface area contributed by atoms with E-state index in [-0.39, 0.29) is 5.82 Å². The van der Waals surface area contributed by atoms with Crippen molar-refractivity contribution in [3.63, 3.8) is 0 Å². The minimum atomic E-state index is -0.770. The fraction of sp³-hybridized carbons (Fsp3) is 0.389. The fourth-order valence-corrected chi connectivity index (χ4v) is 3.37. The van der Waals surface area contributed by atoms with Gasteiger partial charge in [-0.2, -0.15) is 0 Å². The van der Waals surface area contributed by atoms with Gasteiger partial charge in [0.05, 0.1) is 5.41 Å². The second kappa shape index (κ2) is 7.70. The zero-order chi connectivity index (χ0) is 16.9. The van der Waals surface area contributed by atoms with E-state index in [0.717, 1.165) is 10.4 Å². The van der Waals surface area contributed by atoms with Gasteiger partial charge in [-0.3, -0.25) is 4.79 Å². The first-order valence-corrected chi connectivity index (χ1v) is 8.67. The number of hydrogen-bond acceptors (Lipinski definition) is 3. The van der Waals surface area contributed by atoms with Crippen LogP contribution in [0.25, 0.3) is 10.4 Å². The van der Waals surface area contributed by atoms with Crippen molar-refractivity contribution in [2.45, 2.75) is 33.2 Å². The molecule has 124 valence electrons. The molecule has 0 spiro atoms. The summed E-state index contributed by atoms with van der Waals surface area (Å²) >= 11 is 1.50. The Morgan fingerprint density at radius 2 is 2.04 bits per heavy atom. The lowest BCUT2D eigenvalue weighted by Gasteiger charge is -2.27. The molecule has 2 N–H and O–H groups in total. The van der Waals surface area contributed by atoms with Crippen molar-refractivity contribution < 1.29 is 14.3 Å². The van der Waals surface area contributed by atoms with Gasteiger partial charge in [0.1, 0.15) is 5.82 Å². The molecule has 0 amide bonds. The van der Waals surface area contributed by atoms with Crippen LogP contribution in [-0.4, -0.2) is 17.6 Å². The van der Waals surface area contributed by atoms with Crippen LogP contribution in [0.3, 0.4) is 0 Å². The third-order valence-corrected chi connectivity index (χ3v) is 5.32. The molecule has 0 atom stereocenters. The highest BCUT2D eigenvalue weighted by atomic mass is 32.1. The number of hydrogen-bond donors (Lipinski definition) is 2. The first kappa shape index (κ1) is 17.6. The molecule has 0 aliphatic carbocycles. The molecule has 0 aliphatic heterocycles.